The summed E-state index contributed by atoms with van der Waals surface area (Å²) in [6.45, 7) is 0. The Kier molecular flexibility index (Phi) is 4.13. The molecule has 2 rings (SSSR count). The molecule has 1 fully saturated rings. The normalized spacial score (nSPS) is 23.4. The number of benzene rings is 1. The molecule has 1 aliphatic heterocycles. The van der Waals surface area contributed by atoms with E-state index in [-0.39, 0.29) is 42.4 Å². The number of hydrogen-bond acceptors (Lipinski definition) is 4. The first kappa shape index (κ1) is 13.2. The number of carbonyl (C=O) groups excluding carboxylic acids is 2. The molecule has 4 nitrogen and oxygen atoms in total. The molecule has 1 heterocycles. The molecule has 0 aromatic heterocycles. The second-order valence-electron chi connectivity index (χ2n) is 3.45. The van der Waals surface area contributed by atoms with Crippen molar-refractivity contribution in [2.75, 3.05) is 0 Å². The Labute approximate surface area is 115 Å². The Hall–Kier alpha value is -0.840. The summed E-state index contributed by atoms with van der Waals surface area (Å²) < 4.78 is 4.90. The van der Waals surface area contributed by atoms with Gasteiger partial charge in [0.15, 0.2) is 5.60 Å². The van der Waals surface area contributed by atoms with Gasteiger partial charge in [-0.3, -0.25) is 4.79 Å². The molecule has 78 valence electrons. The molecule has 1 aliphatic rings. The standard InChI is InChI=1S/C11H10O4.Na/c12-9-6-7-11(15-9,10(13)14)8-4-2-1-3-5-8;/h1-5H,6-7H2,(H,13,14);/q;+1/p-1. The molecule has 5 heteroatoms. The fourth-order valence-corrected chi connectivity index (χ4v) is 1.75. The summed E-state index contributed by atoms with van der Waals surface area (Å²) in [5, 5.41) is 11.1. The summed E-state index contributed by atoms with van der Waals surface area (Å²) in [6.07, 6.45) is 0.251. The zero-order valence-electron chi connectivity index (χ0n) is 8.93. The molecule has 0 saturated carbocycles. The van der Waals surface area contributed by atoms with Crippen LogP contribution in [0.4, 0.5) is 0 Å². The van der Waals surface area contributed by atoms with Crippen LogP contribution in [0.2, 0.25) is 0 Å². The van der Waals surface area contributed by atoms with E-state index in [1.807, 2.05) is 0 Å². The Balaban J connectivity index is 0.00000128. The van der Waals surface area contributed by atoms with Gasteiger partial charge < -0.3 is 14.6 Å². The Morgan fingerprint density at radius 3 is 2.38 bits per heavy atom. The Morgan fingerprint density at radius 1 is 1.31 bits per heavy atom. The van der Waals surface area contributed by atoms with Crippen molar-refractivity contribution in [2.45, 2.75) is 18.4 Å². The third-order valence-electron chi connectivity index (χ3n) is 2.54. The zero-order valence-corrected chi connectivity index (χ0v) is 10.9. The molecule has 0 N–H and O–H groups in total. The van der Waals surface area contributed by atoms with Crippen LogP contribution in [0.5, 0.6) is 0 Å². The Morgan fingerprint density at radius 2 is 1.94 bits per heavy atom. The van der Waals surface area contributed by atoms with Crippen molar-refractivity contribution in [2.24, 2.45) is 0 Å². The first-order chi connectivity index (χ1) is 7.15. The molecule has 0 aliphatic carbocycles. The smallest absolute Gasteiger partial charge is 0.545 e. The van der Waals surface area contributed by atoms with Gasteiger partial charge in [0.25, 0.3) is 0 Å². The number of rotatable bonds is 2. The van der Waals surface area contributed by atoms with Crippen molar-refractivity contribution in [3.63, 3.8) is 0 Å². The van der Waals surface area contributed by atoms with Crippen LogP contribution < -0.4 is 34.7 Å². The van der Waals surface area contributed by atoms with E-state index in [1.54, 1.807) is 30.3 Å². The molecule has 0 amide bonds. The maximum absolute atomic E-state index is 11.1. The van der Waals surface area contributed by atoms with Crippen LogP contribution in [0, 0.1) is 0 Å². The third-order valence-corrected chi connectivity index (χ3v) is 2.54. The maximum Gasteiger partial charge on any atom is 1.00 e. The van der Waals surface area contributed by atoms with Gasteiger partial charge in [-0.25, -0.2) is 0 Å². The first-order valence-electron chi connectivity index (χ1n) is 4.64. The molecule has 1 unspecified atom stereocenters. The molecule has 1 aromatic rings. The number of carboxylic acids is 1. The molecule has 1 aromatic carbocycles. The quantitative estimate of drug-likeness (QED) is 0.399. The molecule has 1 saturated heterocycles. The molecular formula is C11H9NaO4. The number of aliphatic carboxylic acids is 1. The van der Waals surface area contributed by atoms with Crippen molar-refractivity contribution < 1.29 is 49.0 Å². The van der Waals surface area contributed by atoms with E-state index in [0.29, 0.717) is 5.56 Å². The molecule has 0 radical (unpaired) electrons. The molecular weight excluding hydrogens is 219 g/mol. The van der Waals surface area contributed by atoms with Gasteiger partial charge in [0.2, 0.25) is 0 Å². The van der Waals surface area contributed by atoms with Gasteiger partial charge in [-0.15, -0.1) is 0 Å². The maximum atomic E-state index is 11.1. The van der Waals surface area contributed by atoms with Gasteiger partial charge in [0, 0.05) is 12.0 Å². The van der Waals surface area contributed by atoms with Crippen LogP contribution in [-0.2, 0) is 19.9 Å². The van der Waals surface area contributed by atoms with E-state index in [4.69, 9.17) is 4.74 Å². The number of carboxylic acid groups (broad SMARTS) is 1. The van der Waals surface area contributed by atoms with Crippen LogP contribution in [0.3, 0.4) is 0 Å². The summed E-state index contributed by atoms with van der Waals surface area (Å²) in [7, 11) is 0. The molecule has 0 bridgehead atoms. The fourth-order valence-electron chi connectivity index (χ4n) is 1.75. The van der Waals surface area contributed by atoms with E-state index in [9.17, 15) is 14.7 Å². The van der Waals surface area contributed by atoms with Gasteiger partial charge in [0.05, 0.1) is 12.4 Å². The largest absolute Gasteiger partial charge is 1.00 e. The van der Waals surface area contributed by atoms with Gasteiger partial charge in [-0.1, -0.05) is 30.3 Å². The summed E-state index contributed by atoms with van der Waals surface area (Å²) in [5.74, 6) is -1.86. The second kappa shape index (κ2) is 4.99. The van der Waals surface area contributed by atoms with Crippen molar-refractivity contribution in [3.05, 3.63) is 35.9 Å². The van der Waals surface area contributed by atoms with Crippen LogP contribution in [-0.4, -0.2) is 11.9 Å². The van der Waals surface area contributed by atoms with Crippen molar-refractivity contribution in [1.29, 1.82) is 0 Å². The summed E-state index contributed by atoms with van der Waals surface area (Å²) in [5.41, 5.74) is -1.13. The number of hydrogen-bond donors (Lipinski definition) is 0. The van der Waals surface area contributed by atoms with Crippen molar-refractivity contribution in [1.82, 2.24) is 0 Å². The predicted molar refractivity (Wildman–Crippen MR) is 48.5 cm³/mol. The van der Waals surface area contributed by atoms with Crippen LogP contribution >= 0.6 is 0 Å². The van der Waals surface area contributed by atoms with E-state index >= 15 is 0 Å². The summed E-state index contributed by atoms with van der Waals surface area (Å²) in [4.78, 5) is 22.1. The SMILES string of the molecule is O=C1CCC(C(=O)[O-])(c2ccccc2)O1.[Na+]. The second-order valence-corrected chi connectivity index (χ2v) is 3.45. The number of cyclic esters (lactones) is 1. The summed E-state index contributed by atoms with van der Waals surface area (Å²) >= 11 is 0. The average Bonchev–Trinajstić information content (AvgIpc) is 2.63. The van der Waals surface area contributed by atoms with Gasteiger partial charge >= 0.3 is 35.5 Å². The van der Waals surface area contributed by atoms with Crippen molar-refractivity contribution in [3.8, 4) is 0 Å². The third kappa shape index (κ3) is 2.14. The minimum absolute atomic E-state index is 0. The van der Waals surface area contributed by atoms with E-state index in [1.165, 1.54) is 0 Å². The number of esters is 1. The van der Waals surface area contributed by atoms with Crippen LogP contribution in [0.1, 0.15) is 18.4 Å². The number of carbonyl (C=O) groups is 2. The van der Waals surface area contributed by atoms with Crippen LogP contribution in [0.25, 0.3) is 0 Å². The minimum atomic E-state index is -1.58. The van der Waals surface area contributed by atoms with Gasteiger partial charge in [0.1, 0.15) is 0 Å². The number of ether oxygens (including phenoxy) is 1. The monoisotopic (exact) mass is 228 g/mol. The predicted octanol–water partition coefficient (Wildman–Crippen LogP) is -3.03. The van der Waals surface area contributed by atoms with E-state index < -0.39 is 17.5 Å². The van der Waals surface area contributed by atoms with E-state index in [2.05, 4.69) is 0 Å². The van der Waals surface area contributed by atoms with Gasteiger partial charge in [-0.05, 0) is 0 Å². The molecule has 0 spiro atoms. The van der Waals surface area contributed by atoms with Crippen molar-refractivity contribution >= 4 is 11.9 Å². The van der Waals surface area contributed by atoms with E-state index in [0.717, 1.165) is 0 Å². The van der Waals surface area contributed by atoms with Crippen LogP contribution in [0.15, 0.2) is 30.3 Å². The first-order valence-corrected chi connectivity index (χ1v) is 4.64. The Bertz CT molecular complexity index is 404. The summed E-state index contributed by atoms with van der Waals surface area (Å²) in [6, 6.07) is 8.41. The molecule has 16 heavy (non-hydrogen) atoms. The zero-order chi connectivity index (χ0) is 10.9. The topological polar surface area (TPSA) is 66.4 Å². The molecule has 1 atom stereocenters. The minimum Gasteiger partial charge on any atom is -0.545 e. The van der Waals surface area contributed by atoms with Gasteiger partial charge in [-0.2, -0.15) is 0 Å². The fraction of sp³-hybridized carbons (Fsp3) is 0.273. The average molecular weight is 228 g/mol.